The summed E-state index contributed by atoms with van der Waals surface area (Å²) in [7, 11) is 3.41. The van der Waals surface area contributed by atoms with Crippen LogP contribution >= 0.6 is 11.6 Å². The number of benzene rings is 1. The van der Waals surface area contributed by atoms with Crippen LogP contribution in [0.1, 0.15) is 23.1 Å². The van der Waals surface area contributed by atoms with Gasteiger partial charge in [0.15, 0.2) is 0 Å². The summed E-state index contributed by atoms with van der Waals surface area (Å²) in [5.41, 5.74) is 1.33. The van der Waals surface area contributed by atoms with Crippen molar-refractivity contribution in [2.75, 3.05) is 19.4 Å². The third-order valence-corrected chi connectivity index (χ3v) is 3.53. The third-order valence-electron chi connectivity index (χ3n) is 3.20. The van der Waals surface area contributed by atoms with Crippen molar-refractivity contribution in [2.45, 2.75) is 20.0 Å². The fourth-order valence-electron chi connectivity index (χ4n) is 2.02. The molecule has 1 aromatic carbocycles. The average molecular weight is 307 g/mol. The Hall–Kier alpha value is -2.01. The van der Waals surface area contributed by atoms with Crippen LogP contribution in [-0.4, -0.2) is 34.5 Å². The van der Waals surface area contributed by atoms with E-state index in [1.165, 1.54) is 4.90 Å². The Morgan fingerprint density at radius 1 is 1.43 bits per heavy atom. The number of amides is 1. The molecule has 0 spiro atoms. The van der Waals surface area contributed by atoms with Gasteiger partial charge in [0.25, 0.3) is 5.91 Å². The molecule has 1 heterocycles. The zero-order chi connectivity index (χ0) is 15.4. The number of rotatable bonds is 5. The number of anilines is 1. The topological polar surface area (TPSA) is 50.2 Å². The van der Waals surface area contributed by atoms with Crippen LogP contribution in [0.15, 0.2) is 30.6 Å². The van der Waals surface area contributed by atoms with Crippen LogP contribution in [0.3, 0.4) is 0 Å². The first-order valence-electron chi connectivity index (χ1n) is 6.78. The van der Waals surface area contributed by atoms with Gasteiger partial charge in [0.1, 0.15) is 5.82 Å². The lowest BCUT2D eigenvalue weighted by molar-refractivity contribution is 0.0828. The van der Waals surface area contributed by atoms with Gasteiger partial charge >= 0.3 is 0 Å². The van der Waals surface area contributed by atoms with E-state index < -0.39 is 0 Å². The number of nitrogens with one attached hydrogen (secondary N) is 1. The van der Waals surface area contributed by atoms with Gasteiger partial charge in [-0.3, -0.25) is 4.79 Å². The van der Waals surface area contributed by atoms with Gasteiger partial charge in [0.2, 0.25) is 0 Å². The summed E-state index contributed by atoms with van der Waals surface area (Å²) in [6.45, 7) is 3.54. The Labute approximate surface area is 129 Å². The molecular formula is C15H19ClN4O. The number of aryl methyl sites for hydroxylation is 1. The van der Waals surface area contributed by atoms with E-state index in [0.717, 1.165) is 18.1 Å². The predicted octanol–water partition coefficient (Wildman–Crippen LogP) is 2.87. The molecule has 1 aromatic heterocycles. The highest BCUT2D eigenvalue weighted by molar-refractivity contribution is 6.34. The fourth-order valence-corrected chi connectivity index (χ4v) is 2.21. The molecule has 2 rings (SSSR count). The van der Waals surface area contributed by atoms with Crippen LogP contribution in [-0.2, 0) is 13.1 Å². The summed E-state index contributed by atoms with van der Waals surface area (Å²) in [6.07, 6.45) is 3.73. The lowest BCUT2D eigenvalue weighted by Crippen LogP contribution is -2.22. The summed E-state index contributed by atoms with van der Waals surface area (Å²) < 4.78 is 2.06. The number of hydrogen-bond donors (Lipinski definition) is 1. The van der Waals surface area contributed by atoms with E-state index in [4.69, 9.17) is 11.6 Å². The lowest BCUT2D eigenvalue weighted by atomic mass is 10.1. The monoisotopic (exact) mass is 306 g/mol. The lowest BCUT2D eigenvalue weighted by Gasteiger charge is -2.14. The molecule has 0 aliphatic heterocycles. The van der Waals surface area contributed by atoms with Crippen molar-refractivity contribution in [2.24, 2.45) is 0 Å². The van der Waals surface area contributed by atoms with E-state index in [9.17, 15) is 4.79 Å². The van der Waals surface area contributed by atoms with E-state index in [2.05, 4.69) is 21.8 Å². The zero-order valence-corrected chi connectivity index (χ0v) is 13.2. The van der Waals surface area contributed by atoms with E-state index in [0.29, 0.717) is 17.1 Å². The van der Waals surface area contributed by atoms with Crippen LogP contribution in [0.25, 0.3) is 0 Å². The van der Waals surface area contributed by atoms with Crippen molar-refractivity contribution in [1.82, 2.24) is 14.5 Å². The first kappa shape index (κ1) is 15.4. The maximum absolute atomic E-state index is 12.0. The van der Waals surface area contributed by atoms with E-state index in [1.54, 1.807) is 32.4 Å². The summed E-state index contributed by atoms with van der Waals surface area (Å²) in [5, 5.41) is 3.72. The Morgan fingerprint density at radius 2 is 2.19 bits per heavy atom. The molecule has 0 atom stereocenters. The van der Waals surface area contributed by atoms with E-state index in [-0.39, 0.29) is 5.91 Å². The molecule has 1 N–H and O–H groups in total. The van der Waals surface area contributed by atoms with Crippen molar-refractivity contribution in [1.29, 1.82) is 0 Å². The van der Waals surface area contributed by atoms with Crippen LogP contribution in [0.2, 0.25) is 5.02 Å². The smallest absolute Gasteiger partial charge is 0.254 e. The van der Waals surface area contributed by atoms with Crippen LogP contribution in [0.4, 0.5) is 5.69 Å². The van der Waals surface area contributed by atoms with Crippen LogP contribution < -0.4 is 5.32 Å². The van der Waals surface area contributed by atoms with Crippen molar-refractivity contribution < 1.29 is 4.79 Å². The standard InChI is InChI=1S/C15H19ClN4O/c1-4-20-8-7-17-14(20)10-18-11-5-6-13(16)12(9-11)15(21)19(2)3/h5-9,18H,4,10H2,1-3H3. The van der Waals surface area contributed by atoms with Gasteiger partial charge in [0, 0.05) is 38.7 Å². The number of carbonyl (C=O) groups excluding carboxylic acids is 1. The second kappa shape index (κ2) is 6.63. The molecule has 0 aliphatic carbocycles. The normalized spacial score (nSPS) is 10.5. The Kier molecular flexibility index (Phi) is 4.85. The molecule has 2 aromatic rings. The minimum absolute atomic E-state index is 0.112. The Bertz CT molecular complexity index is 636. The molecule has 0 saturated carbocycles. The molecule has 0 bridgehead atoms. The van der Waals surface area contributed by atoms with Gasteiger partial charge in [-0.25, -0.2) is 4.98 Å². The Balaban J connectivity index is 2.14. The minimum atomic E-state index is -0.112. The number of nitrogens with zero attached hydrogens (tertiary/aromatic N) is 3. The highest BCUT2D eigenvalue weighted by Gasteiger charge is 2.13. The number of halogens is 1. The molecule has 0 unspecified atom stereocenters. The average Bonchev–Trinajstić information content (AvgIpc) is 2.93. The van der Waals surface area contributed by atoms with Crippen molar-refractivity contribution in [3.05, 3.63) is 47.0 Å². The summed E-state index contributed by atoms with van der Waals surface area (Å²) in [5.74, 6) is 0.839. The number of aromatic nitrogens is 2. The van der Waals surface area contributed by atoms with Gasteiger partial charge in [-0.05, 0) is 25.1 Å². The van der Waals surface area contributed by atoms with Crippen molar-refractivity contribution in [3.8, 4) is 0 Å². The van der Waals surface area contributed by atoms with Gasteiger partial charge in [0.05, 0.1) is 17.1 Å². The van der Waals surface area contributed by atoms with E-state index in [1.807, 2.05) is 12.3 Å². The molecule has 6 heteroatoms. The number of carbonyl (C=O) groups is 1. The first-order chi connectivity index (χ1) is 10.0. The molecule has 0 aliphatic rings. The second-order valence-corrected chi connectivity index (χ2v) is 5.28. The quantitative estimate of drug-likeness (QED) is 0.924. The van der Waals surface area contributed by atoms with E-state index >= 15 is 0 Å². The third kappa shape index (κ3) is 3.55. The van der Waals surface area contributed by atoms with Crippen LogP contribution in [0, 0.1) is 0 Å². The Morgan fingerprint density at radius 3 is 2.86 bits per heavy atom. The zero-order valence-electron chi connectivity index (χ0n) is 12.4. The van der Waals surface area contributed by atoms with Crippen LogP contribution in [0.5, 0.6) is 0 Å². The summed E-state index contributed by atoms with van der Waals surface area (Å²) in [4.78, 5) is 17.9. The van der Waals surface area contributed by atoms with Gasteiger partial charge in [-0.2, -0.15) is 0 Å². The largest absolute Gasteiger partial charge is 0.378 e. The minimum Gasteiger partial charge on any atom is -0.378 e. The van der Waals surface area contributed by atoms with Gasteiger partial charge in [-0.1, -0.05) is 11.6 Å². The molecule has 0 fully saturated rings. The summed E-state index contributed by atoms with van der Waals surface area (Å²) >= 11 is 6.09. The molecule has 112 valence electrons. The molecule has 21 heavy (non-hydrogen) atoms. The fraction of sp³-hybridized carbons (Fsp3) is 0.333. The van der Waals surface area contributed by atoms with Crippen molar-refractivity contribution >= 4 is 23.2 Å². The molecule has 1 amide bonds. The molecule has 0 saturated heterocycles. The molecule has 0 radical (unpaired) electrons. The SMILES string of the molecule is CCn1ccnc1CNc1ccc(Cl)c(C(=O)N(C)C)c1. The number of hydrogen-bond acceptors (Lipinski definition) is 3. The second-order valence-electron chi connectivity index (χ2n) is 4.88. The highest BCUT2D eigenvalue weighted by Crippen LogP contribution is 2.22. The highest BCUT2D eigenvalue weighted by atomic mass is 35.5. The van der Waals surface area contributed by atoms with Gasteiger partial charge in [-0.15, -0.1) is 0 Å². The van der Waals surface area contributed by atoms with Gasteiger partial charge < -0.3 is 14.8 Å². The van der Waals surface area contributed by atoms with Crippen molar-refractivity contribution in [3.63, 3.8) is 0 Å². The predicted molar refractivity (Wildman–Crippen MR) is 84.7 cm³/mol. The number of imidazole rings is 1. The molecular weight excluding hydrogens is 288 g/mol. The first-order valence-corrected chi connectivity index (χ1v) is 7.15. The maximum atomic E-state index is 12.0. The summed E-state index contributed by atoms with van der Waals surface area (Å²) in [6, 6.07) is 5.35. The molecule has 5 nitrogen and oxygen atoms in total. The maximum Gasteiger partial charge on any atom is 0.254 e.